The molecule has 2 rings (SSSR count). The van der Waals surface area contributed by atoms with Crippen LogP contribution in [-0.2, 0) is 10.9 Å². The summed E-state index contributed by atoms with van der Waals surface area (Å²) in [5.74, 6) is -2.15. The van der Waals surface area contributed by atoms with Crippen molar-refractivity contribution in [1.82, 2.24) is 9.78 Å². The van der Waals surface area contributed by atoms with Gasteiger partial charge < -0.3 is 9.47 Å². The van der Waals surface area contributed by atoms with Gasteiger partial charge in [-0.25, -0.2) is 4.79 Å². The summed E-state index contributed by atoms with van der Waals surface area (Å²) in [7, 11) is 1.88. The monoisotopic (exact) mass is 328 g/mol. The smallest absolute Gasteiger partial charge is 0.436 e. The van der Waals surface area contributed by atoms with Crippen molar-refractivity contribution in [2.45, 2.75) is 6.18 Å². The molecule has 2 aromatic rings. The van der Waals surface area contributed by atoms with Crippen molar-refractivity contribution < 1.29 is 27.4 Å². The number of halogens is 3. The van der Waals surface area contributed by atoms with E-state index in [2.05, 4.69) is 9.84 Å². The summed E-state index contributed by atoms with van der Waals surface area (Å²) in [4.78, 5) is 24.0. The number of ether oxygens (including phenoxy) is 2. The summed E-state index contributed by atoms with van der Waals surface area (Å²) in [6.45, 7) is 0. The highest BCUT2D eigenvalue weighted by atomic mass is 19.4. The van der Waals surface area contributed by atoms with Gasteiger partial charge in [-0.2, -0.15) is 23.0 Å². The molecule has 1 aromatic heterocycles. The molecular weight excluding hydrogens is 317 g/mol. The lowest BCUT2D eigenvalue weighted by Crippen LogP contribution is -2.30. The van der Waals surface area contributed by atoms with Gasteiger partial charge in [0.05, 0.1) is 19.9 Å². The second-order valence-electron chi connectivity index (χ2n) is 4.30. The largest absolute Gasteiger partial charge is 0.490 e. The number of hydrogen-bond donors (Lipinski definition) is 0. The number of esters is 1. The maximum absolute atomic E-state index is 13.2. The second kappa shape index (κ2) is 6.11. The van der Waals surface area contributed by atoms with Crippen LogP contribution in [0.3, 0.4) is 0 Å². The number of nitrogens with zero attached hydrogens (tertiary/aromatic N) is 2. The summed E-state index contributed by atoms with van der Waals surface area (Å²) >= 11 is 0. The summed E-state index contributed by atoms with van der Waals surface area (Å²) in [5.41, 5.74) is -3.53. The topological polar surface area (TPSA) is 70.4 Å². The molecule has 0 radical (unpaired) electrons. The number of hydrogen-bond acceptors (Lipinski definition) is 5. The van der Waals surface area contributed by atoms with E-state index < -0.39 is 34.7 Å². The van der Waals surface area contributed by atoms with Gasteiger partial charge in [0.2, 0.25) is 5.75 Å². The van der Waals surface area contributed by atoms with Gasteiger partial charge in [0.25, 0.3) is 0 Å². The molecule has 0 unspecified atom stereocenters. The Morgan fingerprint density at radius 2 is 1.78 bits per heavy atom. The van der Waals surface area contributed by atoms with Gasteiger partial charge >= 0.3 is 17.7 Å². The number of benzene rings is 1. The van der Waals surface area contributed by atoms with Crippen molar-refractivity contribution in [2.24, 2.45) is 0 Å². The molecular formula is C14H11F3N2O4. The van der Waals surface area contributed by atoms with Gasteiger partial charge in [0, 0.05) is 0 Å². The van der Waals surface area contributed by atoms with Crippen LogP contribution in [0.25, 0.3) is 5.69 Å². The molecule has 0 saturated carbocycles. The normalized spacial score (nSPS) is 11.2. The summed E-state index contributed by atoms with van der Waals surface area (Å²) in [6, 6.07) is 7.46. The highest BCUT2D eigenvalue weighted by molar-refractivity contribution is 5.93. The number of rotatable bonds is 3. The second-order valence-corrected chi connectivity index (χ2v) is 4.30. The Morgan fingerprint density at radius 1 is 1.17 bits per heavy atom. The average molecular weight is 328 g/mol. The quantitative estimate of drug-likeness (QED) is 0.807. The molecule has 0 aliphatic heterocycles. The molecule has 9 heteroatoms. The van der Waals surface area contributed by atoms with Crippen molar-refractivity contribution in [2.75, 3.05) is 14.2 Å². The van der Waals surface area contributed by atoms with Crippen LogP contribution in [-0.4, -0.2) is 30.0 Å². The van der Waals surface area contributed by atoms with Crippen molar-refractivity contribution in [1.29, 1.82) is 0 Å². The Hall–Kier alpha value is -2.84. The molecule has 1 heterocycles. The molecule has 122 valence electrons. The first-order valence-electron chi connectivity index (χ1n) is 6.23. The summed E-state index contributed by atoms with van der Waals surface area (Å²) in [5, 5.41) is 3.29. The Bertz CT molecular complexity index is 785. The van der Waals surface area contributed by atoms with Gasteiger partial charge in [-0.3, -0.25) is 4.79 Å². The van der Waals surface area contributed by atoms with E-state index in [0.717, 1.165) is 14.2 Å². The van der Waals surface area contributed by atoms with Crippen molar-refractivity contribution in [3.63, 3.8) is 0 Å². The lowest BCUT2D eigenvalue weighted by molar-refractivity contribution is -0.142. The fourth-order valence-corrected chi connectivity index (χ4v) is 1.93. The fraction of sp³-hybridized carbons (Fsp3) is 0.214. The number of carbonyl (C=O) groups is 1. The van der Waals surface area contributed by atoms with Crippen molar-refractivity contribution in [3.8, 4) is 11.4 Å². The Balaban J connectivity index is 2.89. The van der Waals surface area contributed by atoms with E-state index in [4.69, 9.17) is 4.74 Å². The molecule has 0 fully saturated rings. The van der Waals surface area contributed by atoms with Crippen LogP contribution in [0.2, 0.25) is 0 Å². The standard InChI is InChI=1S/C14H11F3N2O4/c1-22-10-9(13(21)23-2)11(14(15,16)17)18-19(12(10)20)8-6-4-3-5-7-8/h3-7H,1-2H3. The van der Waals surface area contributed by atoms with Crippen LogP contribution >= 0.6 is 0 Å². The first-order chi connectivity index (χ1) is 10.8. The zero-order chi connectivity index (χ0) is 17.2. The van der Waals surface area contributed by atoms with Crippen LogP contribution in [0.4, 0.5) is 13.2 Å². The van der Waals surface area contributed by atoms with E-state index in [9.17, 15) is 22.8 Å². The molecule has 0 spiro atoms. The van der Waals surface area contributed by atoms with Gasteiger partial charge in [-0.15, -0.1) is 0 Å². The Labute approximate surface area is 128 Å². The van der Waals surface area contributed by atoms with Crippen molar-refractivity contribution >= 4 is 5.97 Å². The minimum absolute atomic E-state index is 0.0951. The van der Waals surface area contributed by atoms with Crippen LogP contribution < -0.4 is 10.3 Å². The molecule has 0 N–H and O–H groups in total. The lowest BCUT2D eigenvalue weighted by Gasteiger charge is -2.16. The lowest BCUT2D eigenvalue weighted by atomic mass is 10.2. The Morgan fingerprint density at radius 3 is 2.26 bits per heavy atom. The van der Waals surface area contributed by atoms with Gasteiger partial charge in [0.15, 0.2) is 5.69 Å². The van der Waals surface area contributed by atoms with Crippen molar-refractivity contribution in [3.05, 3.63) is 51.9 Å². The number of methoxy groups -OCH3 is 2. The summed E-state index contributed by atoms with van der Waals surface area (Å²) < 4.78 is 49.3. The predicted molar refractivity (Wildman–Crippen MR) is 72.7 cm³/mol. The van der Waals surface area contributed by atoms with E-state index in [1.807, 2.05) is 0 Å². The fourth-order valence-electron chi connectivity index (χ4n) is 1.93. The number of alkyl halides is 3. The highest BCUT2D eigenvalue weighted by Crippen LogP contribution is 2.33. The van der Waals surface area contributed by atoms with E-state index >= 15 is 0 Å². The average Bonchev–Trinajstić information content (AvgIpc) is 2.53. The molecule has 1 aromatic carbocycles. The van der Waals surface area contributed by atoms with Crippen LogP contribution in [0.15, 0.2) is 35.1 Å². The summed E-state index contributed by atoms with van der Waals surface area (Å²) in [6.07, 6.45) is -4.99. The minimum atomic E-state index is -4.99. The number of para-hydroxylation sites is 1. The molecule has 0 bridgehead atoms. The highest BCUT2D eigenvalue weighted by Gasteiger charge is 2.42. The molecule has 0 aliphatic carbocycles. The molecule has 0 atom stereocenters. The third-order valence-electron chi connectivity index (χ3n) is 2.91. The molecule has 0 saturated heterocycles. The Kier molecular flexibility index (Phi) is 4.39. The van der Waals surface area contributed by atoms with E-state index in [-0.39, 0.29) is 5.69 Å². The predicted octanol–water partition coefficient (Wildman–Crippen LogP) is 2.05. The number of aromatic nitrogens is 2. The van der Waals surface area contributed by atoms with Crippen LogP contribution in [0, 0.1) is 0 Å². The van der Waals surface area contributed by atoms with Gasteiger partial charge in [-0.05, 0) is 12.1 Å². The van der Waals surface area contributed by atoms with E-state index in [1.54, 1.807) is 6.07 Å². The maximum Gasteiger partial charge on any atom is 0.436 e. The third-order valence-corrected chi connectivity index (χ3v) is 2.91. The van der Waals surface area contributed by atoms with E-state index in [0.29, 0.717) is 4.68 Å². The van der Waals surface area contributed by atoms with E-state index in [1.165, 1.54) is 24.3 Å². The third kappa shape index (κ3) is 3.03. The minimum Gasteiger partial charge on any atom is -0.490 e. The number of carbonyl (C=O) groups excluding carboxylic acids is 1. The first kappa shape index (κ1) is 16.5. The SMILES string of the molecule is COC(=O)c1c(C(F)(F)F)nn(-c2ccccc2)c(=O)c1OC. The van der Waals surface area contributed by atoms with Gasteiger partial charge in [-0.1, -0.05) is 18.2 Å². The van der Waals surface area contributed by atoms with Crippen LogP contribution in [0.1, 0.15) is 16.1 Å². The van der Waals surface area contributed by atoms with Gasteiger partial charge in [0.1, 0.15) is 5.56 Å². The first-order valence-corrected chi connectivity index (χ1v) is 6.23. The molecule has 6 nitrogen and oxygen atoms in total. The zero-order valence-electron chi connectivity index (χ0n) is 12.0. The zero-order valence-corrected chi connectivity index (χ0v) is 12.0. The maximum atomic E-state index is 13.2. The molecule has 23 heavy (non-hydrogen) atoms. The molecule has 0 aliphatic rings. The molecule has 0 amide bonds. The van der Waals surface area contributed by atoms with Crippen LogP contribution in [0.5, 0.6) is 5.75 Å².